The highest BCUT2D eigenvalue weighted by Crippen LogP contribution is 2.50. The summed E-state index contributed by atoms with van der Waals surface area (Å²) >= 11 is 1.53. The first-order chi connectivity index (χ1) is 8.98. The predicted molar refractivity (Wildman–Crippen MR) is 75.9 cm³/mol. The maximum Gasteiger partial charge on any atom is 0.309 e. The number of thiophene rings is 1. The van der Waals surface area contributed by atoms with Gasteiger partial charge in [-0.25, -0.2) is 0 Å². The molecule has 2 rings (SSSR count). The summed E-state index contributed by atoms with van der Waals surface area (Å²) in [6.45, 7) is 3.61. The van der Waals surface area contributed by atoms with Crippen molar-refractivity contribution < 1.29 is 14.7 Å². The van der Waals surface area contributed by atoms with Crippen molar-refractivity contribution in [2.45, 2.75) is 51.9 Å². The van der Waals surface area contributed by atoms with E-state index in [2.05, 4.69) is 0 Å². The van der Waals surface area contributed by atoms with Gasteiger partial charge in [-0.05, 0) is 50.7 Å². The van der Waals surface area contributed by atoms with E-state index in [1.54, 1.807) is 6.92 Å². The van der Waals surface area contributed by atoms with Gasteiger partial charge in [-0.2, -0.15) is 0 Å². The van der Waals surface area contributed by atoms with Crippen LogP contribution in [0.2, 0.25) is 0 Å². The molecule has 0 unspecified atom stereocenters. The lowest BCUT2D eigenvalue weighted by Gasteiger charge is -2.23. The predicted octanol–water partition coefficient (Wildman–Crippen LogP) is 4.09. The summed E-state index contributed by atoms with van der Waals surface area (Å²) in [5.41, 5.74) is -0.542. The van der Waals surface area contributed by atoms with Crippen molar-refractivity contribution >= 4 is 23.1 Å². The molecule has 0 aliphatic heterocycles. The summed E-state index contributed by atoms with van der Waals surface area (Å²) in [5, 5.41) is 9.50. The summed E-state index contributed by atoms with van der Waals surface area (Å²) in [4.78, 5) is 24.8. The molecule has 1 aliphatic rings. The van der Waals surface area contributed by atoms with E-state index in [1.165, 1.54) is 16.2 Å². The number of carboxylic acids is 1. The molecule has 0 spiro atoms. The topological polar surface area (TPSA) is 54.4 Å². The lowest BCUT2D eigenvalue weighted by atomic mass is 9.81. The van der Waals surface area contributed by atoms with Crippen LogP contribution in [-0.4, -0.2) is 16.9 Å². The smallest absolute Gasteiger partial charge is 0.309 e. The number of Topliss-reactive ketones (excluding diaryl/α,β-unsaturated/α-hetero) is 1. The van der Waals surface area contributed by atoms with Crippen LogP contribution in [0.25, 0.3) is 0 Å². The second kappa shape index (κ2) is 5.45. The third kappa shape index (κ3) is 2.73. The molecule has 1 saturated carbocycles. The molecule has 1 aromatic heterocycles. The van der Waals surface area contributed by atoms with Gasteiger partial charge < -0.3 is 5.11 Å². The maximum atomic E-state index is 11.6. The van der Waals surface area contributed by atoms with Crippen LogP contribution in [0.1, 0.15) is 66.4 Å². The molecule has 2 atom stereocenters. The van der Waals surface area contributed by atoms with E-state index < -0.39 is 11.4 Å². The number of carbonyl (C=O) groups is 2. The van der Waals surface area contributed by atoms with Gasteiger partial charge in [0.1, 0.15) is 0 Å². The quantitative estimate of drug-likeness (QED) is 0.826. The van der Waals surface area contributed by atoms with Gasteiger partial charge in [-0.15, -0.1) is 11.3 Å². The van der Waals surface area contributed by atoms with Crippen LogP contribution in [0, 0.1) is 5.41 Å². The Morgan fingerprint density at radius 3 is 2.74 bits per heavy atom. The lowest BCUT2D eigenvalue weighted by molar-refractivity contribution is -0.149. The Morgan fingerprint density at radius 1 is 1.47 bits per heavy atom. The Kier molecular flexibility index (Phi) is 4.09. The normalized spacial score (nSPS) is 26.5. The average Bonchev–Trinajstić information content (AvgIpc) is 2.95. The van der Waals surface area contributed by atoms with Crippen LogP contribution in [0.15, 0.2) is 12.1 Å². The molecule has 19 heavy (non-hydrogen) atoms. The average molecular weight is 280 g/mol. The molecule has 1 N–H and O–H groups in total. The molecule has 4 heteroatoms. The number of carboxylic acid groups (broad SMARTS) is 1. The minimum atomic E-state index is -0.653. The van der Waals surface area contributed by atoms with Crippen LogP contribution in [-0.2, 0) is 4.79 Å². The van der Waals surface area contributed by atoms with Crippen molar-refractivity contribution in [1.82, 2.24) is 0 Å². The van der Waals surface area contributed by atoms with E-state index in [-0.39, 0.29) is 5.78 Å². The Hall–Kier alpha value is -1.16. The summed E-state index contributed by atoms with van der Waals surface area (Å²) in [6.07, 6.45) is 4.05. The van der Waals surface area contributed by atoms with Crippen molar-refractivity contribution in [3.05, 3.63) is 21.9 Å². The van der Waals surface area contributed by atoms with E-state index in [4.69, 9.17) is 0 Å². The zero-order valence-electron chi connectivity index (χ0n) is 11.4. The molecule has 3 nitrogen and oxygen atoms in total. The summed E-state index contributed by atoms with van der Waals surface area (Å²) in [5.74, 6) is -0.256. The minimum Gasteiger partial charge on any atom is -0.481 e. The summed E-state index contributed by atoms with van der Waals surface area (Å²) in [7, 11) is 0. The third-order valence-electron chi connectivity index (χ3n) is 4.17. The molecule has 0 radical (unpaired) electrons. The standard InChI is InChI=1S/C15H20O3S/c1-3-7-15(14(17)18)8-6-11(9-15)13-5-4-12(19-13)10(2)16/h4-5,11H,3,6-9H2,1-2H3,(H,17,18)/t11-,15+/m0/s1. The largest absolute Gasteiger partial charge is 0.481 e. The molecule has 104 valence electrons. The highest BCUT2D eigenvalue weighted by atomic mass is 32.1. The van der Waals surface area contributed by atoms with E-state index in [9.17, 15) is 14.7 Å². The first-order valence-corrected chi connectivity index (χ1v) is 7.64. The first-order valence-electron chi connectivity index (χ1n) is 6.82. The van der Waals surface area contributed by atoms with E-state index in [0.717, 1.165) is 30.6 Å². The van der Waals surface area contributed by atoms with Crippen LogP contribution in [0.5, 0.6) is 0 Å². The number of ketones is 1. The van der Waals surface area contributed by atoms with E-state index in [0.29, 0.717) is 12.3 Å². The fraction of sp³-hybridized carbons (Fsp3) is 0.600. The van der Waals surface area contributed by atoms with Gasteiger partial charge in [0.05, 0.1) is 10.3 Å². The van der Waals surface area contributed by atoms with Gasteiger partial charge in [0.2, 0.25) is 0 Å². The number of carbonyl (C=O) groups excluding carboxylic acids is 1. The van der Waals surface area contributed by atoms with Gasteiger partial charge in [0.15, 0.2) is 5.78 Å². The molecular formula is C15H20O3S. The molecule has 1 fully saturated rings. The zero-order valence-corrected chi connectivity index (χ0v) is 12.3. The third-order valence-corrected chi connectivity index (χ3v) is 5.52. The van der Waals surface area contributed by atoms with Crippen molar-refractivity contribution in [3.63, 3.8) is 0 Å². The van der Waals surface area contributed by atoms with Crippen LogP contribution in [0.4, 0.5) is 0 Å². The Balaban J connectivity index is 2.16. The fourth-order valence-corrected chi connectivity index (χ4v) is 4.18. The Labute approximate surface area is 117 Å². The molecule has 0 aromatic carbocycles. The molecular weight excluding hydrogens is 260 g/mol. The second-order valence-electron chi connectivity index (χ2n) is 5.53. The molecule has 1 aliphatic carbocycles. The molecule has 0 saturated heterocycles. The molecule has 1 aromatic rings. The minimum absolute atomic E-state index is 0.0901. The number of hydrogen-bond acceptors (Lipinski definition) is 3. The monoisotopic (exact) mass is 280 g/mol. The summed E-state index contributed by atoms with van der Waals surface area (Å²) < 4.78 is 0. The lowest BCUT2D eigenvalue weighted by Crippen LogP contribution is -2.27. The van der Waals surface area contributed by atoms with Gasteiger partial charge in [0, 0.05) is 4.88 Å². The summed E-state index contributed by atoms with van der Waals surface area (Å²) in [6, 6.07) is 3.86. The number of aliphatic carboxylic acids is 1. The van der Waals surface area contributed by atoms with Crippen LogP contribution >= 0.6 is 11.3 Å². The van der Waals surface area contributed by atoms with Gasteiger partial charge in [-0.3, -0.25) is 9.59 Å². The van der Waals surface area contributed by atoms with Crippen molar-refractivity contribution in [3.8, 4) is 0 Å². The van der Waals surface area contributed by atoms with E-state index >= 15 is 0 Å². The maximum absolute atomic E-state index is 11.6. The van der Waals surface area contributed by atoms with Crippen LogP contribution < -0.4 is 0 Å². The number of hydrogen-bond donors (Lipinski definition) is 1. The highest BCUT2D eigenvalue weighted by molar-refractivity contribution is 7.14. The van der Waals surface area contributed by atoms with Gasteiger partial charge in [0.25, 0.3) is 0 Å². The first kappa shape index (κ1) is 14.3. The Bertz CT molecular complexity index is 491. The second-order valence-corrected chi connectivity index (χ2v) is 6.65. The SMILES string of the molecule is CCC[C@@]1(C(=O)O)CC[C@H](c2ccc(C(C)=O)s2)C1. The highest BCUT2D eigenvalue weighted by Gasteiger charge is 2.45. The van der Waals surface area contributed by atoms with Crippen molar-refractivity contribution in [2.24, 2.45) is 5.41 Å². The van der Waals surface area contributed by atoms with Gasteiger partial charge >= 0.3 is 5.97 Å². The number of rotatable bonds is 5. The van der Waals surface area contributed by atoms with Gasteiger partial charge in [-0.1, -0.05) is 13.3 Å². The molecule has 0 amide bonds. The Morgan fingerprint density at radius 2 is 2.21 bits per heavy atom. The van der Waals surface area contributed by atoms with Crippen LogP contribution in [0.3, 0.4) is 0 Å². The van der Waals surface area contributed by atoms with Crippen molar-refractivity contribution in [1.29, 1.82) is 0 Å². The van der Waals surface area contributed by atoms with E-state index in [1.807, 2.05) is 19.1 Å². The zero-order chi connectivity index (χ0) is 14.0. The van der Waals surface area contributed by atoms with Crippen molar-refractivity contribution in [2.75, 3.05) is 0 Å². The fourth-order valence-electron chi connectivity index (χ4n) is 3.14. The molecule has 0 bridgehead atoms. The molecule has 1 heterocycles.